The van der Waals surface area contributed by atoms with E-state index >= 15 is 0 Å². The van der Waals surface area contributed by atoms with Gasteiger partial charge in [-0.2, -0.15) is 8.78 Å². The quantitative estimate of drug-likeness (QED) is 0.869. The minimum absolute atomic E-state index is 0.118. The number of aliphatic hydroxyl groups is 1. The SMILES string of the molecule is OC(c1cccc(OC(F)F)c1)c1cc(F)ccc1F. The molecule has 1 atom stereocenters. The van der Waals surface area contributed by atoms with Crippen molar-refractivity contribution in [1.82, 2.24) is 0 Å². The van der Waals surface area contributed by atoms with Crippen LogP contribution in [0.5, 0.6) is 5.75 Å². The fourth-order valence-electron chi connectivity index (χ4n) is 1.76. The van der Waals surface area contributed by atoms with E-state index in [-0.39, 0.29) is 16.9 Å². The van der Waals surface area contributed by atoms with Crippen LogP contribution < -0.4 is 4.74 Å². The minimum Gasteiger partial charge on any atom is -0.435 e. The van der Waals surface area contributed by atoms with Crippen LogP contribution in [0.4, 0.5) is 17.6 Å². The van der Waals surface area contributed by atoms with Gasteiger partial charge in [0.2, 0.25) is 0 Å². The first kappa shape index (κ1) is 14.3. The maximum atomic E-state index is 13.5. The molecule has 1 N–H and O–H groups in total. The zero-order chi connectivity index (χ0) is 14.7. The van der Waals surface area contributed by atoms with Crippen LogP contribution in [0.2, 0.25) is 0 Å². The van der Waals surface area contributed by atoms with Gasteiger partial charge in [-0.05, 0) is 35.9 Å². The Morgan fingerprint density at radius 3 is 2.45 bits per heavy atom. The molecule has 0 spiro atoms. The third-order valence-corrected chi connectivity index (χ3v) is 2.65. The number of halogens is 4. The maximum absolute atomic E-state index is 13.5. The van der Waals surface area contributed by atoms with Gasteiger partial charge in [0.25, 0.3) is 0 Å². The van der Waals surface area contributed by atoms with Gasteiger partial charge in [-0.15, -0.1) is 0 Å². The number of benzene rings is 2. The molecule has 0 fully saturated rings. The van der Waals surface area contributed by atoms with Crippen molar-refractivity contribution in [2.75, 3.05) is 0 Å². The average Bonchev–Trinajstić information content (AvgIpc) is 2.40. The Labute approximate surface area is 112 Å². The number of rotatable bonds is 4. The summed E-state index contributed by atoms with van der Waals surface area (Å²) in [5.74, 6) is -1.67. The van der Waals surface area contributed by atoms with Crippen molar-refractivity contribution in [2.45, 2.75) is 12.7 Å². The molecule has 6 heteroatoms. The molecule has 0 saturated carbocycles. The number of hydrogen-bond donors (Lipinski definition) is 1. The van der Waals surface area contributed by atoms with Crippen molar-refractivity contribution in [3.8, 4) is 5.75 Å². The van der Waals surface area contributed by atoms with Gasteiger partial charge in [-0.1, -0.05) is 12.1 Å². The second-order valence-corrected chi connectivity index (χ2v) is 4.02. The molecule has 0 heterocycles. The lowest BCUT2D eigenvalue weighted by atomic mass is 10.0. The predicted molar refractivity (Wildman–Crippen MR) is 63.5 cm³/mol. The number of aliphatic hydroxyl groups excluding tert-OH is 1. The lowest BCUT2D eigenvalue weighted by Crippen LogP contribution is -2.05. The lowest BCUT2D eigenvalue weighted by molar-refractivity contribution is -0.0499. The Balaban J connectivity index is 2.33. The van der Waals surface area contributed by atoms with Crippen LogP contribution in [0.25, 0.3) is 0 Å². The first-order valence-corrected chi connectivity index (χ1v) is 5.65. The zero-order valence-corrected chi connectivity index (χ0v) is 10.1. The number of alkyl halides is 2. The zero-order valence-electron chi connectivity index (χ0n) is 10.1. The van der Waals surface area contributed by atoms with Crippen molar-refractivity contribution in [1.29, 1.82) is 0 Å². The van der Waals surface area contributed by atoms with Crippen LogP contribution in [-0.4, -0.2) is 11.7 Å². The normalized spacial score (nSPS) is 12.5. The van der Waals surface area contributed by atoms with E-state index in [0.29, 0.717) is 0 Å². The average molecular weight is 286 g/mol. The van der Waals surface area contributed by atoms with E-state index in [2.05, 4.69) is 4.74 Å². The minimum atomic E-state index is -3.01. The van der Waals surface area contributed by atoms with E-state index in [4.69, 9.17) is 0 Å². The second-order valence-electron chi connectivity index (χ2n) is 4.02. The summed E-state index contributed by atoms with van der Waals surface area (Å²) in [6.07, 6.45) is -1.48. The summed E-state index contributed by atoms with van der Waals surface area (Å²) < 4.78 is 55.0. The summed E-state index contributed by atoms with van der Waals surface area (Å²) >= 11 is 0. The molecule has 0 aliphatic heterocycles. The third kappa shape index (κ3) is 3.27. The Morgan fingerprint density at radius 2 is 1.75 bits per heavy atom. The van der Waals surface area contributed by atoms with Gasteiger partial charge in [-0.3, -0.25) is 0 Å². The van der Waals surface area contributed by atoms with Crippen molar-refractivity contribution in [2.24, 2.45) is 0 Å². The van der Waals surface area contributed by atoms with Crippen molar-refractivity contribution in [3.05, 3.63) is 65.2 Å². The molecule has 0 saturated heterocycles. The Morgan fingerprint density at radius 1 is 1.00 bits per heavy atom. The van der Waals surface area contributed by atoms with Gasteiger partial charge < -0.3 is 9.84 Å². The molecule has 0 radical (unpaired) electrons. The van der Waals surface area contributed by atoms with Crippen LogP contribution in [0.15, 0.2) is 42.5 Å². The van der Waals surface area contributed by atoms with Gasteiger partial charge in [0.05, 0.1) is 0 Å². The summed E-state index contributed by atoms with van der Waals surface area (Å²) in [6, 6.07) is 7.82. The molecular weight excluding hydrogens is 276 g/mol. The molecule has 2 aromatic carbocycles. The standard InChI is InChI=1S/C14H10F4O2/c15-9-4-5-12(16)11(7-9)13(19)8-2-1-3-10(6-8)20-14(17)18/h1-7,13-14,19H. The molecule has 106 valence electrons. The molecule has 2 aromatic rings. The highest BCUT2D eigenvalue weighted by Gasteiger charge is 2.17. The Hall–Kier alpha value is -2.08. The van der Waals surface area contributed by atoms with Gasteiger partial charge in [0, 0.05) is 5.56 Å². The van der Waals surface area contributed by atoms with Crippen LogP contribution >= 0.6 is 0 Å². The molecule has 0 aliphatic carbocycles. The van der Waals surface area contributed by atoms with E-state index in [1.807, 2.05) is 0 Å². The molecule has 1 unspecified atom stereocenters. The van der Waals surface area contributed by atoms with Gasteiger partial charge >= 0.3 is 6.61 Å². The highest BCUT2D eigenvalue weighted by atomic mass is 19.3. The molecule has 20 heavy (non-hydrogen) atoms. The fourth-order valence-corrected chi connectivity index (χ4v) is 1.76. The lowest BCUT2D eigenvalue weighted by Gasteiger charge is -2.14. The summed E-state index contributed by atoms with van der Waals surface area (Å²) in [5, 5.41) is 10.0. The summed E-state index contributed by atoms with van der Waals surface area (Å²) in [4.78, 5) is 0. The van der Waals surface area contributed by atoms with Crippen molar-refractivity contribution >= 4 is 0 Å². The summed E-state index contributed by atoms with van der Waals surface area (Å²) in [5.41, 5.74) is -0.160. The van der Waals surface area contributed by atoms with Crippen LogP contribution in [0.3, 0.4) is 0 Å². The van der Waals surface area contributed by atoms with Gasteiger partial charge in [-0.25, -0.2) is 8.78 Å². The Kier molecular flexibility index (Phi) is 4.24. The highest BCUT2D eigenvalue weighted by Crippen LogP contribution is 2.27. The molecule has 0 amide bonds. The predicted octanol–water partition coefficient (Wildman–Crippen LogP) is 3.65. The van der Waals surface area contributed by atoms with Crippen molar-refractivity contribution < 1.29 is 27.4 Å². The number of ether oxygens (including phenoxy) is 1. The van der Waals surface area contributed by atoms with Crippen LogP contribution in [-0.2, 0) is 0 Å². The fraction of sp³-hybridized carbons (Fsp3) is 0.143. The first-order chi connectivity index (χ1) is 9.47. The third-order valence-electron chi connectivity index (χ3n) is 2.65. The molecule has 0 aromatic heterocycles. The van der Waals surface area contributed by atoms with E-state index in [0.717, 1.165) is 24.3 Å². The van der Waals surface area contributed by atoms with E-state index in [1.54, 1.807) is 0 Å². The molecular formula is C14H10F4O2. The van der Waals surface area contributed by atoms with E-state index < -0.39 is 24.3 Å². The topological polar surface area (TPSA) is 29.5 Å². The monoisotopic (exact) mass is 286 g/mol. The Bertz CT molecular complexity index is 601. The smallest absolute Gasteiger partial charge is 0.387 e. The van der Waals surface area contributed by atoms with Crippen LogP contribution in [0, 0.1) is 11.6 Å². The number of hydrogen-bond acceptors (Lipinski definition) is 2. The van der Waals surface area contributed by atoms with Gasteiger partial charge in [0.1, 0.15) is 23.5 Å². The summed E-state index contributed by atoms with van der Waals surface area (Å²) in [7, 11) is 0. The van der Waals surface area contributed by atoms with Crippen molar-refractivity contribution in [3.63, 3.8) is 0 Å². The van der Waals surface area contributed by atoms with E-state index in [9.17, 15) is 22.7 Å². The maximum Gasteiger partial charge on any atom is 0.387 e. The molecule has 0 aliphatic rings. The summed E-state index contributed by atoms with van der Waals surface area (Å²) in [6.45, 7) is -3.01. The second kappa shape index (κ2) is 5.92. The molecule has 2 rings (SSSR count). The largest absolute Gasteiger partial charge is 0.435 e. The highest BCUT2D eigenvalue weighted by molar-refractivity contribution is 5.36. The molecule has 0 bridgehead atoms. The molecule has 2 nitrogen and oxygen atoms in total. The first-order valence-electron chi connectivity index (χ1n) is 5.65. The van der Waals surface area contributed by atoms with Crippen LogP contribution in [0.1, 0.15) is 17.2 Å². The van der Waals surface area contributed by atoms with Gasteiger partial charge in [0.15, 0.2) is 0 Å². The van der Waals surface area contributed by atoms with E-state index in [1.165, 1.54) is 18.2 Å².